The first-order chi connectivity index (χ1) is 29.9. The number of methoxy groups -OCH3 is 1. The Balaban J connectivity index is 0.916. The van der Waals surface area contributed by atoms with E-state index in [1.807, 2.05) is 0 Å². The standard InChI is InChI=1S/C44H66O19/c1-19-37(63-40-36(53)34(51)32(49)27(62-40)18-57-39-35(52)33(50)31(48)26(16-45)61-39)25(55-5)15-30(58-19)60-24-8-10-42(3)23(38(24)59-20(2)46)7-13-44-12-6-22(21-14-29(47)56-17-21)43(4,41(44)54)11-9-28(42)44/h14,19,22-28,30-40,45,48-53H,6-13,15-18H2,1-5H3/t19-,22-,23+,24+,25-,26-,27-,28-,30+,31-,32-,33+,34+,35-,36-,37+,38-,39-,40+,42+,43-,44+/m1/s1. The van der Waals surface area contributed by atoms with Crippen molar-refractivity contribution in [3.8, 4) is 0 Å². The van der Waals surface area contributed by atoms with E-state index in [1.165, 1.54) is 14.0 Å². The molecule has 0 radical (unpaired) electrons. The summed E-state index contributed by atoms with van der Waals surface area (Å²) in [5.74, 6) is -0.472. The average molecular weight is 899 g/mol. The Hall–Kier alpha value is -2.21. The Bertz CT molecular complexity index is 1730. The Morgan fingerprint density at radius 3 is 2.14 bits per heavy atom. The molecule has 2 bridgehead atoms. The van der Waals surface area contributed by atoms with Gasteiger partial charge in [0, 0.05) is 43.3 Å². The van der Waals surface area contributed by atoms with Crippen LogP contribution in [0.3, 0.4) is 0 Å². The number of hydrogen-bond donors (Lipinski definition) is 7. The largest absolute Gasteiger partial charge is 0.459 e. The molecule has 22 atom stereocenters. The molecule has 0 unspecified atom stereocenters. The van der Waals surface area contributed by atoms with Crippen LogP contribution in [-0.4, -0.2) is 179 Å². The molecule has 8 aliphatic rings. The van der Waals surface area contributed by atoms with Crippen LogP contribution in [0.2, 0.25) is 0 Å². The average Bonchev–Trinajstić information content (AvgIpc) is 3.67. The van der Waals surface area contributed by atoms with Crippen LogP contribution < -0.4 is 0 Å². The highest BCUT2D eigenvalue weighted by Crippen LogP contribution is 2.70. The van der Waals surface area contributed by atoms with Crippen molar-refractivity contribution in [1.29, 1.82) is 0 Å². The van der Waals surface area contributed by atoms with Gasteiger partial charge in [0.05, 0.1) is 31.5 Å². The van der Waals surface area contributed by atoms with Crippen LogP contribution in [0, 0.1) is 34.0 Å². The van der Waals surface area contributed by atoms with E-state index in [1.54, 1.807) is 13.0 Å². The van der Waals surface area contributed by atoms with Gasteiger partial charge < -0.3 is 78.4 Å². The Labute approximate surface area is 366 Å². The number of carbonyl (C=O) groups excluding carboxylic acids is 3. The van der Waals surface area contributed by atoms with Crippen LogP contribution in [0.4, 0.5) is 0 Å². The van der Waals surface area contributed by atoms with Gasteiger partial charge in [-0.25, -0.2) is 4.79 Å². The van der Waals surface area contributed by atoms with Crippen LogP contribution in [0.1, 0.15) is 85.5 Å². The van der Waals surface area contributed by atoms with Crippen molar-refractivity contribution < 1.29 is 92.8 Å². The summed E-state index contributed by atoms with van der Waals surface area (Å²) in [6, 6.07) is 0. The molecule has 4 aliphatic carbocycles. The van der Waals surface area contributed by atoms with Gasteiger partial charge in [-0.1, -0.05) is 13.8 Å². The molecule has 0 aromatic carbocycles. The number of rotatable bonds is 11. The molecule has 7 N–H and O–H groups in total. The van der Waals surface area contributed by atoms with Gasteiger partial charge in [0.2, 0.25) is 0 Å². The lowest BCUT2D eigenvalue weighted by Gasteiger charge is -2.67. The van der Waals surface area contributed by atoms with Crippen molar-refractivity contribution in [2.45, 2.75) is 184 Å². The highest BCUT2D eigenvalue weighted by molar-refractivity contribution is 5.94. The number of Topliss-reactive ketones (excluding diaryl/α,β-unsaturated/α-hetero) is 1. The van der Waals surface area contributed by atoms with Crippen LogP contribution in [-0.2, 0) is 57.0 Å². The highest BCUT2D eigenvalue weighted by atomic mass is 16.8. The van der Waals surface area contributed by atoms with Crippen molar-refractivity contribution in [2.24, 2.45) is 34.0 Å². The van der Waals surface area contributed by atoms with E-state index in [0.717, 1.165) is 31.3 Å². The number of esters is 2. The second-order valence-electron chi connectivity index (χ2n) is 19.8. The van der Waals surface area contributed by atoms with Crippen molar-refractivity contribution >= 4 is 17.7 Å². The molecule has 0 amide bonds. The van der Waals surface area contributed by atoms with Crippen LogP contribution in [0.15, 0.2) is 11.6 Å². The number of hydrogen-bond acceptors (Lipinski definition) is 19. The molecule has 3 saturated heterocycles. The fourth-order valence-electron chi connectivity index (χ4n) is 13.2. The van der Waals surface area contributed by atoms with Gasteiger partial charge in [-0.15, -0.1) is 0 Å². The summed E-state index contributed by atoms with van der Waals surface area (Å²) in [7, 11) is 1.48. The van der Waals surface area contributed by atoms with Crippen molar-refractivity contribution in [1.82, 2.24) is 0 Å². The van der Waals surface area contributed by atoms with E-state index in [-0.39, 0.29) is 42.2 Å². The quantitative estimate of drug-likeness (QED) is 0.102. The molecule has 0 aromatic heterocycles. The zero-order chi connectivity index (χ0) is 45.3. The number of ether oxygens (including phenoxy) is 9. The van der Waals surface area contributed by atoms with Gasteiger partial charge in [0.1, 0.15) is 73.4 Å². The fourth-order valence-corrected chi connectivity index (χ4v) is 13.2. The van der Waals surface area contributed by atoms with Crippen LogP contribution in [0.25, 0.3) is 0 Å². The van der Waals surface area contributed by atoms with Gasteiger partial charge in [0.15, 0.2) is 18.9 Å². The van der Waals surface area contributed by atoms with E-state index < -0.39 is 128 Å². The lowest BCUT2D eigenvalue weighted by atomic mass is 9.37. The second-order valence-corrected chi connectivity index (χ2v) is 19.8. The summed E-state index contributed by atoms with van der Waals surface area (Å²) >= 11 is 0. The van der Waals surface area contributed by atoms with Crippen molar-refractivity contribution in [3.63, 3.8) is 0 Å². The zero-order valence-corrected chi connectivity index (χ0v) is 36.6. The predicted molar refractivity (Wildman–Crippen MR) is 212 cm³/mol. The smallest absolute Gasteiger partial charge is 0.331 e. The molecule has 63 heavy (non-hydrogen) atoms. The minimum absolute atomic E-state index is 0.0188. The predicted octanol–water partition coefficient (Wildman–Crippen LogP) is -0.462. The molecule has 1 spiro atoms. The van der Waals surface area contributed by atoms with Crippen molar-refractivity contribution in [2.75, 3.05) is 26.9 Å². The molecule has 0 aromatic rings. The maximum atomic E-state index is 14.8. The topological polar surface area (TPSA) is 276 Å². The third-order valence-electron chi connectivity index (χ3n) is 16.4. The van der Waals surface area contributed by atoms with Gasteiger partial charge in [0.25, 0.3) is 0 Å². The van der Waals surface area contributed by atoms with E-state index in [4.69, 9.17) is 42.6 Å². The monoisotopic (exact) mass is 898 g/mol. The van der Waals surface area contributed by atoms with E-state index in [2.05, 4.69) is 13.8 Å². The summed E-state index contributed by atoms with van der Waals surface area (Å²) in [6.07, 6.45) is -12.5. The molecule has 356 valence electrons. The van der Waals surface area contributed by atoms with Gasteiger partial charge in [-0.2, -0.15) is 0 Å². The lowest BCUT2D eigenvalue weighted by molar-refractivity contribution is -0.356. The zero-order valence-electron chi connectivity index (χ0n) is 36.6. The summed E-state index contributed by atoms with van der Waals surface area (Å²) in [5, 5.41) is 72.7. The summed E-state index contributed by atoms with van der Waals surface area (Å²) < 4.78 is 53.4. The Kier molecular flexibility index (Phi) is 13.6. The summed E-state index contributed by atoms with van der Waals surface area (Å²) in [4.78, 5) is 39.6. The number of fused-ring (bicyclic) bond motifs is 3. The molecular formula is C44H66O19. The second kappa shape index (κ2) is 18.1. The summed E-state index contributed by atoms with van der Waals surface area (Å²) in [5.41, 5.74) is -0.442. The Morgan fingerprint density at radius 2 is 1.48 bits per heavy atom. The SMILES string of the molecule is CO[C@@H]1C[C@H](O[C@H]2CC[C@@]3(C)[C@@H](CC[C@@]45CC[C@H](C6=CC(=O)OC6)[C@@](C)(CC[C@@H]43)C5=O)[C@H]2OC(C)=O)O[C@H](C)[C@@H]1O[C@@H]1O[C@H](CO[C@@H]2O[C@H](CO)[C@@H](O)[C@H](O)[C@H]2O)[C@@H](O)[C@H](O)[C@H]1O. The minimum Gasteiger partial charge on any atom is -0.459 e. The van der Waals surface area contributed by atoms with E-state index in [9.17, 15) is 50.1 Å². The minimum atomic E-state index is -1.75. The molecule has 4 heterocycles. The van der Waals surface area contributed by atoms with Crippen LogP contribution in [0.5, 0.6) is 0 Å². The first-order valence-electron chi connectivity index (χ1n) is 22.6. The maximum Gasteiger partial charge on any atom is 0.331 e. The van der Waals surface area contributed by atoms with Gasteiger partial charge >= 0.3 is 11.9 Å². The number of aliphatic hydroxyl groups excluding tert-OH is 7. The highest BCUT2D eigenvalue weighted by Gasteiger charge is 2.69. The molecule has 4 aliphatic heterocycles. The Morgan fingerprint density at radius 1 is 0.794 bits per heavy atom. The first kappa shape index (κ1) is 47.3. The van der Waals surface area contributed by atoms with Gasteiger partial charge in [-0.3, -0.25) is 9.59 Å². The van der Waals surface area contributed by atoms with E-state index >= 15 is 0 Å². The van der Waals surface area contributed by atoms with Crippen LogP contribution >= 0.6 is 0 Å². The van der Waals surface area contributed by atoms with E-state index in [0.29, 0.717) is 31.5 Å². The molecule has 8 rings (SSSR count). The normalized spacial score (nSPS) is 51.1. The number of aliphatic hydroxyl groups is 7. The first-order valence-corrected chi connectivity index (χ1v) is 22.6. The maximum absolute atomic E-state index is 14.8. The fraction of sp³-hybridized carbons (Fsp3) is 0.886. The number of cyclic esters (lactones) is 1. The van der Waals surface area contributed by atoms with Crippen molar-refractivity contribution in [3.05, 3.63) is 11.6 Å². The third kappa shape index (κ3) is 8.23. The molecular weight excluding hydrogens is 832 g/mol. The third-order valence-corrected chi connectivity index (χ3v) is 16.4. The molecule has 4 saturated carbocycles. The summed E-state index contributed by atoms with van der Waals surface area (Å²) in [6.45, 7) is 6.51. The number of carbonyl (C=O) groups is 3. The number of ketones is 1. The molecule has 19 heteroatoms. The lowest BCUT2D eigenvalue weighted by Crippen LogP contribution is -2.67. The molecule has 19 nitrogen and oxygen atoms in total. The van der Waals surface area contributed by atoms with Gasteiger partial charge in [-0.05, 0) is 81.1 Å². The molecule has 7 fully saturated rings.